The van der Waals surface area contributed by atoms with Gasteiger partial charge in [-0.05, 0) is 24.5 Å². The Kier molecular flexibility index (Phi) is 6.00. The van der Waals surface area contributed by atoms with Crippen molar-refractivity contribution in [3.8, 4) is 0 Å². The number of likely N-dealkylation sites (tertiary alicyclic amines) is 1. The first-order valence-corrected chi connectivity index (χ1v) is 9.19. The highest BCUT2D eigenvalue weighted by Crippen LogP contribution is 2.15. The van der Waals surface area contributed by atoms with Crippen molar-refractivity contribution in [3.63, 3.8) is 0 Å². The lowest BCUT2D eigenvalue weighted by molar-refractivity contribution is 0.0761. The number of hydrogen-bond donors (Lipinski definition) is 0. The van der Waals surface area contributed by atoms with Crippen LogP contribution in [0.3, 0.4) is 0 Å². The summed E-state index contributed by atoms with van der Waals surface area (Å²) < 4.78 is 0. The van der Waals surface area contributed by atoms with Gasteiger partial charge < -0.3 is 9.80 Å². The van der Waals surface area contributed by atoms with E-state index in [1.54, 1.807) is 24.2 Å². The van der Waals surface area contributed by atoms with Gasteiger partial charge in [0.25, 0.3) is 11.8 Å². The highest BCUT2D eigenvalue weighted by Gasteiger charge is 2.20. The molecule has 3 rings (SSSR count). The third kappa shape index (κ3) is 4.48. The van der Waals surface area contributed by atoms with Crippen LogP contribution in [0.1, 0.15) is 52.0 Å². The van der Waals surface area contributed by atoms with Crippen LogP contribution in [-0.4, -0.2) is 46.7 Å². The molecule has 1 saturated heterocycles. The highest BCUT2D eigenvalue weighted by atomic mass is 16.2. The van der Waals surface area contributed by atoms with Crippen LogP contribution in [0.5, 0.6) is 0 Å². The van der Waals surface area contributed by atoms with E-state index in [9.17, 15) is 9.59 Å². The normalized spacial score (nSPS) is 14.6. The van der Waals surface area contributed by atoms with Crippen LogP contribution in [0.4, 0.5) is 0 Å². The SMILES string of the molecule is CN(Cc1ccccc1)C(=O)c1cncc(C(=O)N2CCCCCC2)c1. The molecule has 0 aliphatic carbocycles. The van der Waals surface area contributed by atoms with E-state index < -0.39 is 0 Å². The summed E-state index contributed by atoms with van der Waals surface area (Å²) >= 11 is 0. The van der Waals surface area contributed by atoms with Gasteiger partial charge in [-0.1, -0.05) is 43.2 Å². The topological polar surface area (TPSA) is 53.5 Å². The molecule has 0 unspecified atom stereocenters. The quantitative estimate of drug-likeness (QED) is 0.849. The molecule has 2 aromatic rings. The summed E-state index contributed by atoms with van der Waals surface area (Å²) in [6.07, 6.45) is 7.51. The number of carbonyl (C=O) groups excluding carboxylic acids is 2. The fourth-order valence-corrected chi connectivity index (χ4v) is 3.28. The Bertz CT molecular complexity index is 753. The minimum Gasteiger partial charge on any atom is -0.339 e. The van der Waals surface area contributed by atoms with Gasteiger partial charge in [-0.25, -0.2) is 0 Å². The molecule has 2 amide bonds. The van der Waals surface area contributed by atoms with Crippen molar-refractivity contribution in [2.45, 2.75) is 32.2 Å². The zero-order valence-corrected chi connectivity index (χ0v) is 15.2. The maximum atomic E-state index is 12.7. The Morgan fingerprint density at radius 3 is 2.35 bits per heavy atom. The van der Waals surface area contributed by atoms with E-state index in [4.69, 9.17) is 0 Å². The van der Waals surface area contributed by atoms with Crippen molar-refractivity contribution >= 4 is 11.8 Å². The average molecular weight is 351 g/mol. The van der Waals surface area contributed by atoms with E-state index in [1.165, 1.54) is 19.0 Å². The molecule has 0 atom stereocenters. The van der Waals surface area contributed by atoms with Crippen molar-refractivity contribution in [1.29, 1.82) is 0 Å². The standard InChI is InChI=1S/C21H25N3O2/c1-23(16-17-9-5-4-6-10-17)20(25)18-13-19(15-22-14-18)21(26)24-11-7-2-3-8-12-24/h4-6,9-10,13-15H,2-3,7-8,11-12,16H2,1H3. The molecule has 0 saturated carbocycles. The number of nitrogens with zero attached hydrogens (tertiary/aromatic N) is 3. The molecule has 0 spiro atoms. The lowest BCUT2D eigenvalue weighted by atomic mass is 10.1. The maximum Gasteiger partial charge on any atom is 0.255 e. The summed E-state index contributed by atoms with van der Waals surface area (Å²) in [6, 6.07) is 11.5. The molecule has 1 aromatic carbocycles. The lowest BCUT2D eigenvalue weighted by Gasteiger charge is -2.21. The maximum absolute atomic E-state index is 12.7. The molecule has 1 aromatic heterocycles. The van der Waals surface area contributed by atoms with Gasteiger partial charge in [0.1, 0.15) is 0 Å². The summed E-state index contributed by atoms with van der Waals surface area (Å²) in [5.41, 5.74) is 2.00. The second-order valence-corrected chi connectivity index (χ2v) is 6.82. The van der Waals surface area contributed by atoms with Gasteiger partial charge in [-0.3, -0.25) is 14.6 Å². The van der Waals surface area contributed by atoms with E-state index in [0.717, 1.165) is 31.5 Å². The number of pyridine rings is 1. The van der Waals surface area contributed by atoms with Crippen molar-refractivity contribution in [3.05, 3.63) is 65.5 Å². The largest absolute Gasteiger partial charge is 0.339 e. The fraction of sp³-hybridized carbons (Fsp3) is 0.381. The molecule has 2 heterocycles. The number of amides is 2. The van der Waals surface area contributed by atoms with Crippen molar-refractivity contribution in [2.75, 3.05) is 20.1 Å². The van der Waals surface area contributed by atoms with E-state index in [0.29, 0.717) is 17.7 Å². The number of hydrogen-bond acceptors (Lipinski definition) is 3. The molecular weight excluding hydrogens is 326 g/mol. The second kappa shape index (κ2) is 8.61. The Morgan fingerprint density at radius 2 is 1.65 bits per heavy atom. The average Bonchev–Trinajstić information content (AvgIpc) is 2.97. The number of aromatic nitrogens is 1. The zero-order valence-electron chi connectivity index (χ0n) is 15.2. The van der Waals surface area contributed by atoms with Gasteiger partial charge in [-0.15, -0.1) is 0 Å². The van der Waals surface area contributed by atoms with Crippen molar-refractivity contribution in [1.82, 2.24) is 14.8 Å². The second-order valence-electron chi connectivity index (χ2n) is 6.82. The Balaban J connectivity index is 1.71. The lowest BCUT2D eigenvalue weighted by Crippen LogP contribution is -2.32. The van der Waals surface area contributed by atoms with Gasteiger partial charge in [0.15, 0.2) is 0 Å². The van der Waals surface area contributed by atoms with E-state index in [2.05, 4.69) is 4.98 Å². The number of benzene rings is 1. The summed E-state index contributed by atoms with van der Waals surface area (Å²) in [4.78, 5) is 33.1. The first kappa shape index (κ1) is 18.1. The zero-order chi connectivity index (χ0) is 18.4. The summed E-state index contributed by atoms with van der Waals surface area (Å²) in [6.45, 7) is 2.08. The highest BCUT2D eigenvalue weighted by molar-refractivity contribution is 5.99. The molecule has 5 nitrogen and oxygen atoms in total. The molecule has 136 valence electrons. The number of rotatable bonds is 4. The molecule has 0 N–H and O–H groups in total. The monoisotopic (exact) mass is 351 g/mol. The predicted octanol–water partition coefficient (Wildman–Crippen LogP) is 3.37. The van der Waals surface area contributed by atoms with Gasteiger partial charge in [-0.2, -0.15) is 0 Å². The van der Waals surface area contributed by atoms with Gasteiger partial charge >= 0.3 is 0 Å². The Hall–Kier alpha value is -2.69. The van der Waals surface area contributed by atoms with E-state index in [1.807, 2.05) is 35.2 Å². The first-order chi connectivity index (χ1) is 12.6. The van der Waals surface area contributed by atoms with Gasteiger partial charge in [0.2, 0.25) is 0 Å². The van der Waals surface area contributed by atoms with Crippen LogP contribution in [0.25, 0.3) is 0 Å². The van der Waals surface area contributed by atoms with E-state index >= 15 is 0 Å². The van der Waals surface area contributed by atoms with Crippen LogP contribution in [0.15, 0.2) is 48.8 Å². The molecule has 26 heavy (non-hydrogen) atoms. The minimum atomic E-state index is -0.133. The summed E-state index contributed by atoms with van der Waals surface area (Å²) in [7, 11) is 1.76. The van der Waals surface area contributed by atoms with Crippen LogP contribution in [0.2, 0.25) is 0 Å². The Morgan fingerprint density at radius 1 is 1.00 bits per heavy atom. The smallest absolute Gasteiger partial charge is 0.255 e. The predicted molar refractivity (Wildman–Crippen MR) is 101 cm³/mol. The molecule has 0 radical (unpaired) electrons. The minimum absolute atomic E-state index is 0.0280. The van der Waals surface area contributed by atoms with Crippen LogP contribution < -0.4 is 0 Å². The van der Waals surface area contributed by atoms with Crippen molar-refractivity contribution < 1.29 is 9.59 Å². The van der Waals surface area contributed by atoms with Gasteiger partial charge in [0.05, 0.1) is 11.1 Å². The van der Waals surface area contributed by atoms with Crippen LogP contribution in [-0.2, 0) is 6.54 Å². The molecule has 5 heteroatoms. The molecule has 1 aliphatic heterocycles. The third-order valence-electron chi connectivity index (χ3n) is 4.73. The third-order valence-corrected chi connectivity index (χ3v) is 4.73. The molecule has 1 aliphatic rings. The molecular formula is C21H25N3O2. The Labute approximate surface area is 154 Å². The molecule has 0 bridgehead atoms. The van der Waals surface area contributed by atoms with Crippen LogP contribution in [0, 0.1) is 0 Å². The summed E-state index contributed by atoms with van der Waals surface area (Å²) in [5, 5.41) is 0. The molecule has 1 fully saturated rings. The first-order valence-electron chi connectivity index (χ1n) is 9.19. The van der Waals surface area contributed by atoms with Gasteiger partial charge in [0, 0.05) is 39.1 Å². The fourth-order valence-electron chi connectivity index (χ4n) is 3.28. The summed E-state index contributed by atoms with van der Waals surface area (Å²) in [5.74, 6) is -0.161. The number of carbonyl (C=O) groups is 2. The van der Waals surface area contributed by atoms with Crippen molar-refractivity contribution in [2.24, 2.45) is 0 Å². The van der Waals surface area contributed by atoms with E-state index in [-0.39, 0.29) is 11.8 Å². The van der Waals surface area contributed by atoms with Crippen LogP contribution >= 0.6 is 0 Å².